The Morgan fingerprint density at radius 3 is 0.911 bits per heavy atom. The number of carbonyl (C=O) groups excluding carboxylic acids is 5. The van der Waals surface area contributed by atoms with Crippen LogP contribution in [0.15, 0.2) is 108 Å². The van der Waals surface area contributed by atoms with Gasteiger partial charge in [0.2, 0.25) is 5.89 Å². The number of rotatable bonds is 15. The lowest BCUT2D eigenvalue weighted by Crippen LogP contribution is -2.21. The molecule has 14 nitrogen and oxygen atoms in total. The number of phenols is 6. The van der Waals surface area contributed by atoms with Gasteiger partial charge in [0, 0.05) is 79.6 Å². The molecule has 0 amide bonds. The fourth-order valence-electron chi connectivity index (χ4n) is 13.9. The van der Waals surface area contributed by atoms with E-state index in [0.717, 1.165) is 121 Å². The van der Waals surface area contributed by atoms with Gasteiger partial charge in [0.25, 0.3) is 0 Å². The van der Waals surface area contributed by atoms with E-state index in [-0.39, 0.29) is 76.2 Å². The Hall–Kier alpha value is -8.95. The van der Waals surface area contributed by atoms with Crippen LogP contribution in [0.25, 0.3) is 11.5 Å². The Balaban J connectivity index is 0.000000387. The van der Waals surface area contributed by atoms with Crippen molar-refractivity contribution in [3.05, 3.63) is 209 Å². The molecule has 0 unspecified atom stereocenters. The van der Waals surface area contributed by atoms with Gasteiger partial charge in [0.1, 0.15) is 71.7 Å². The van der Waals surface area contributed by atoms with E-state index in [2.05, 4.69) is 208 Å². The first-order valence-corrected chi connectivity index (χ1v) is 43.9. The fourth-order valence-corrected chi connectivity index (χ4v) is 14.0. The van der Waals surface area contributed by atoms with Gasteiger partial charge in [-0.1, -0.05) is 300 Å². The smallest absolute Gasteiger partial charge is 0.226 e. The number of aryl methyl sites for hydroxylation is 1. The van der Waals surface area contributed by atoms with Crippen LogP contribution in [0.1, 0.15) is 397 Å². The minimum atomic E-state index is -0.388. The molecule has 0 aliphatic heterocycles. The number of aromatic nitrogens is 1. The number of hydrogen-bond acceptors (Lipinski definition) is 15. The molecule has 0 atom stereocenters. The van der Waals surface area contributed by atoms with E-state index in [1.54, 1.807) is 49.6 Å². The fraction of sp³-hybridized carbons (Fsp3) is 0.537. The van der Waals surface area contributed by atoms with E-state index in [1.165, 1.54) is 5.56 Å². The highest BCUT2D eigenvalue weighted by atomic mass is 32.1. The summed E-state index contributed by atoms with van der Waals surface area (Å²) in [6, 6.07) is 30.4. The summed E-state index contributed by atoms with van der Waals surface area (Å²) < 4.78 is 11.5. The summed E-state index contributed by atoms with van der Waals surface area (Å²) in [5.74, 6) is 4.17. The van der Waals surface area contributed by atoms with Crippen molar-refractivity contribution < 1.29 is 63.8 Å². The Morgan fingerprint density at radius 1 is 0.366 bits per heavy atom. The number of phenolic OH excluding ortho intramolecular Hbond substituents is 6. The molecule has 0 saturated heterocycles. The maximum absolute atomic E-state index is 11.6. The van der Waals surface area contributed by atoms with E-state index in [1.807, 2.05) is 133 Å². The molecule has 123 heavy (non-hydrogen) atoms. The summed E-state index contributed by atoms with van der Waals surface area (Å²) in [5, 5.41) is 63.4. The van der Waals surface area contributed by atoms with Crippen molar-refractivity contribution >= 4 is 43.6 Å². The topological polar surface area (TPSA) is 242 Å². The highest BCUT2D eigenvalue weighted by molar-refractivity contribution is 7.79. The third-order valence-corrected chi connectivity index (χ3v) is 21.6. The highest BCUT2D eigenvalue weighted by Gasteiger charge is 2.34. The van der Waals surface area contributed by atoms with Gasteiger partial charge in [-0.3, -0.25) is 14.4 Å². The molecule has 0 spiro atoms. The lowest BCUT2D eigenvalue weighted by Gasteiger charge is -2.29. The molecule has 8 rings (SSSR count). The quantitative estimate of drug-likeness (QED) is 0.0287. The molecular formula is C108H157NO13S. The van der Waals surface area contributed by atoms with Gasteiger partial charge in [-0.05, 0) is 195 Å². The minimum Gasteiger partial charge on any atom is -0.507 e. The van der Waals surface area contributed by atoms with Crippen molar-refractivity contribution in [1.29, 1.82) is 0 Å². The molecule has 1 aromatic heterocycles. The van der Waals surface area contributed by atoms with Gasteiger partial charge < -0.3 is 49.4 Å². The van der Waals surface area contributed by atoms with Crippen LogP contribution in [0.4, 0.5) is 0 Å². The second-order valence-electron chi connectivity index (χ2n) is 46.2. The van der Waals surface area contributed by atoms with Gasteiger partial charge in [0.15, 0.2) is 5.78 Å². The molecule has 7 aromatic carbocycles. The Bertz CT molecular complexity index is 4710. The molecule has 0 radical (unpaired) electrons. The predicted octanol–water partition coefficient (Wildman–Crippen LogP) is 27.4. The van der Waals surface area contributed by atoms with Crippen molar-refractivity contribution in [3.8, 4) is 51.7 Å². The molecule has 15 heteroatoms. The third kappa shape index (κ3) is 31.6. The third-order valence-electron chi connectivity index (χ3n) is 21.3. The standard InChI is InChI=1S/C26H31NO4.C19H30O2.C17H26O2.C16H24O2.C15H22O2.C15H24OS/c1-25(2,3)21-13-18(14-22(23(21)29)26(4,5)6)24-27-19(16-31-24)11-12-30-20-9-7-17(15-28)8-10-20;1-17(2,3)14-9-13(11-19(7,8)12-20)10-15(16(14)21)18(4,5)6;1-16(2,3)13-10-12(8-7-9-18)11-14(15(13)19)17(4,5)6;1-10(17)11-8-12(15(2,3)4)14(18)13(9-11)16(5,6)7;1-14(2,3)11-7-10(9-16)8-12(13(11)17)15(4,5)6;1-14(2,3)11-7-10(9-17)8-12(13(11)16)15(4,5)6/h7-10,13-16,29H,11-12H2,1-6H3;9-10,12,21H,11H2,1-8H3;9-11,19H,7-8H2,1-6H3;8-9,18H,1-7H3;7-9,17H,1-6H3;7-8,16-17H,9H2,1-6H3. The minimum absolute atomic E-state index is 0.0333. The molecule has 0 aliphatic carbocycles. The van der Waals surface area contributed by atoms with Crippen molar-refractivity contribution in [2.24, 2.45) is 5.41 Å². The van der Waals surface area contributed by atoms with E-state index >= 15 is 0 Å². The molecule has 0 fully saturated rings. The van der Waals surface area contributed by atoms with Gasteiger partial charge >= 0.3 is 0 Å². The summed E-state index contributed by atoms with van der Waals surface area (Å²) in [5.41, 5.74) is 15.7. The molecule has 0 bridgehead atoms. The number of oxazole rings is 1. The monoisotopic (exact) mass is 1710 g/mol. The summed E-state index contributed by atoms with van der Waals surface area (Å²) in [4.78, 5) is 59.8. The normalized spacial score (nSPS) is 12.6. The Morgan fingerprint density at radius 2 is 0.642 bits per heavy atom. The van der Waals surface area contributed by atoms with Gasteiger partial charge in [-0.2, -0.15) is 12.6 Å². The number of nitrogens with zero attached hydrogens (tertiary/aromatic N) is 1. The zero-order valence-corrected chi connectivity index (χ0v) is 83.7. The average molecular weight is 1710 g/mol. The van der Waals surface area contributed by atoms with Gasteiger partial charge in [-0.15, -0.1) is 0 Å². The van der Waals surface area contributed by atoms with Gasteiger partial charge in [0.05, 0.1) is 12.3 Å². The molecule has 8 aromatic rings. The average Bonchev–Trinajstić information content (AvgIpc) is 1.38. The second kappa shape index (κ2) is 41.0. The number of aromatic hydroxyl groups is 6. The predicted molar refractivity (Wildman–Crippen MR) is 516 cm³/mol. The van der Waals surface area contributed by atoms with E-state index < -0.39 is 0 Å². The molecule has 678 valence electrons. The molecular weight excluding hydrogens is 1550 g/mol. The summed E-state index contributed by atoms with van der Waals surface area (Å²) in [7, 11) is 0. The zero-order chi connectivity index (χ0) is 95.5. The van der Waals surface area contributed by atoms with Crippen LogP contribution in [0.5, 0.6) is 40.2 Å². The summed E-state index contributed by atoms with van der Waals surface area (Å²) >= 11 is 4.35. The number of hydrogen-bond donors (Lipinski definition) is 7. The zero-order valence-electron chi connectivity index (χ0n) is 82.8. The Kier molecular flexibility index (Phi) is 36.1. The first-order chi connectivity index (χ1) is 55.4. The number of thiol groups is 1. The largest absolute Gasteiger partial charge is 0.507 e. The number of benzene rings is 7. The molecule has 0 aliphatic rings. The number of ketones is 1. The van der Waals surface area contributed by atoms with E-state index in [9.17, 15) is 54.6 Å². The first kappa shape index (κ1) is 108. The second-order valence-corrected chi connectivity index (χ2v) is 46.5. The molecule has 0 saturated carbocycles. The van der Waals surface area contributed by atoms with Crippen LogP contribution >= 0.6 is 12.6 Å². The lowest BCUT2D eigenvalue weighted by molar-refractivity contribution is -0.114. The van der Waals surface area contributed by atoms with Crippen LogP contribution < -0.4 is 4.74 Å². The van der Waals surface area contributed by atoms with Crippen molar-refractivity contribution in [2.75, 3.05) is 6.61 Å². The highest BCUT2D eigenvalue weighted by Crippen LogP contribution is 2.47. The number of ether oxygens (including phenoxy) is 1. The lowest BCUT2D eigenvalue weighted by atomic mass is 9.76. The summed E-state index contributed by atoms with van der Waals surface area (Å²) in [6.45, 7) is 80.7. The van der Waals surface area contributed by atoms with Crippen LogP contribution in [-0.4, -0.2) is 73.2 Å². The summed E-state index contributed by atoms with van der Waals surface area (Å²) in [6.07, 6.45) is 7.78. The van der Waals surface area contributed by atoms with Gasteiger partial charge in [-0.25, -0.2) is 4.98 Å². The van der Waals surface area contributed by atoms with Crippen LogP contribution in [0.2, 0.25) is 0 Å². The SMILES string of the molecule is CC(=O)c1cc(C(C)(C)C)c(O)c(C(C)(C)C)c1.CC(C)(C)c1cc(-c2nc(CCOc3ccc(C=O)cc3)co2)cc(C(C)(C)C)c1O.CC(C)(C)c1cc(C=O)cc(C(C)(C)C)c1O.CC(C)(C)c1cc(CCC=O)cc(C(C)(C)C)c1O.CC(C)(C)c1cc(CS)cc(C(C)(C)C)c1O.CC(C)(C=O)Cc1cc(C(C)(C)C)c(O)c(C(C)(C)C)c1. The van der Waals surface area contributed by atoms with Crippen LogP contribution in [-0.2, 0) is 99.6 Å². The Labute approximate surface area is 747 Å². The van der Waals surface area contributed by atoms with Crippen molar-refractivity contribution in [1.82, 2.24) is 4.98 Å². The molecule has 6 N–H and O–H groups in total. The van der Waals surface area contributed by atoms with E-state index in [4.69, 9.17) is 9.15 Å². The van der Waals surface area contributed by atoms with Crippen LogP contribution in [0.3, 0.4) is 0 Å². The number of Topliss-reactive ketones (excluding diaryl/α,β-unsaturated/α-hetero) is 1. The van der Waals surface area contributed by atoms with Crippen molar-refractivity contribution in [3.63, 3.8) is 0 Å². The maximum Gasteiger partial charge on any atom is 0.226 e. The first-order valence-electron chi connectivity index (χ1n) is 43.3. The number of carbonyl (C=O) groups is 5. The van der Waals surface area contributed by atoms with Crippen molar-refractivity contribution in [2.45, 2.75) is 366 Å². The molecule has 1 heterocycles. The van der Waals surface area contributed by atoms with Crippen LogP contribution in [0, 0.1) is 5.41 Å². The number of aldehydes is 4. The van der Waals surface area contributed by atoms with E-state index in [0.29, 0.717) is 94.4 Å². The maximum atomic E-state index is 11.6.